The lowest BCUT2D eigenvalue weighted by Crippen LogP contribution is -2.24. The summed E-state index contributed by atoms with van der Waals surface area (Å²) in [6.45, 7) is 3.36. The Morgan fingerprint density at radius 2 is 0.979 bits per heavy atom. The molecule has 0 fully saturated rings. The second kappa shape index (κ2) is 12.9. The lowest BCUT2D eigenvalue weighted by atomic mass is 10.0. The van der Waals surface area contributed by atoms with Crippen LogP contribution in [-0.2, 0) is 11.4 Å². The van der Waals surface area contributed by atoms with E-state index in [0.29, 0.717) is 35.2 Å². The highest BCUT2D eigenvalue weighted by Crippen LogP contribution is 2.54. The molecule has 0 N–H and O–H groups in total. The van der Waals surface area contributed by atoms with Crippen molar-refractivity contribution >= 4 is 56.4 Å². The summed E-state index contributed by atoms with van der Waals surface area (Å²) in [5, 5.41) is 8.54. The molecule has 0 spiro atoms. The first-order valence-corrected chi connectivity index (χ1v) is 17.5. The fraction of sp³-hybridized carbons (Fsp3) is 0.235. The van der Waals surface area contributed by atoms with Crippen LogP contribution in [-0.4, -0.2) is 22.5 Å². The Morgan fingerprint density at radius 1 is 0.583 bits per heavy atom. The number of halogens is 4. The van der Waals surface area contributed by atoms with E-state index in [1.807, 2.05) is 24.3 Å². The van der Waals surface area contributed by atoms with E-state index in [1.165, 1.54) is 22.7 Å². The molecule has 0 atom stereocenters. The van der Waals surface area contributed by atoms with Crippen LogP contribution in [0.25, 0.3) is 52.8 Å². The smallest absolute Gasteiger partial charge is 0.397 e. The first-order valence-electron chi connectivity index (χ1n) is 15.1. The maximum Gasteiger partial charge on any atom is 0.397 e. The van der Waals surface area contributed by atoms with Crippen molar-refractivity contribution in [1.29, 1.82) is 0 Å². The van der Waals surface area contributed by atoms with Crippen LogP contribution in [0.3, 0.4) is 0 Å². The van der Waals surface area contributed by atoms with E-state index >= 15 is 0 Å². The topological polar surface area (TPSA) is 82.1 Å². The van der Waals surface area contributed by atoms with Crippen molar-refractivity contribution in [3.05, 3.63) is 72.8 Å². The van der Waals surface area contributed by atoms with Gasteiger partial charge in [0.2, 0.25) is 0 Å². The molecular formula is C34H26F4N4O3S3. The maximum atomic E-state index is 13.9. The highest BCUT2D eigenvalue weighted by Gasteiger charge is 2.32. The number of rotatable bonds is 12. The van der Waals surface area contributed by atoms with E-state index in [0.717, 1.165) is 53.1 Å². The van der Waals surface area contributed by atoms with Crippen LogP contribution in [0.5, 0.6) is 11.5 Å². The summed E-state index contributed by atoms with van der Waals surface area (Å²) in [5.74, 6) is 0.204. The molecule has 1 aliphatic heterocycles. The lowest BCUT2D eigenvalue weighted by Gasteiger charge is -2.17. The molecule has 48 heavy (non-hydrogen) atoms. The van der Waals surface area contributed by atoms with E-state index in [1.54, 1.807) is 62.4 Å². The van der Waals surface area contributed by atoms with Crippen LogP contribution < -0.4 is 9.47 Å². The standard InChI is InChI=1S/C34H26F4N4O3S3/c1-3-17-33(35,36)43-21-9-5-19(6-10-21)23-13-15-25(46-23)27-29-30(40-45-39-29)28(32-31(27)41-48-42-32)26-16-14-24(47-26)20-7-11-22(12-8-20)44-34(37,38)18-4-2/h5-16H,3-4,17-18H2,1-2H3. The van der Waals surface area contributed by atoms with Gasteiger partial charge in [0.1, 0.15) is 33.9 Å². The molecule has 246 valence electrons. The quantitative estimate of drug-likeness (QED) is 0.118. The molecule has 0 saturated heterocycles. The summed E-state index contributed by atoms with van der Waals surface area (Å²) < 4.78 is 80.1. The molecule has 4 heterocycles. The van der Waals surface area contributed by atoms with Gasteiger partial charge in [-0.1, -0.05) is 13.8 Å². The third kappa shape index (κ3) is 6.39. The van der Waals surface area contributed by atoms with Gasteiger partial charge in [-0.15, -0.1) is 22.7 Å². The second-order valence-electron chi connectivity index (χ2n) is 11.0. The fourth-order valence-corrected chi connectivity index (χ4v) is 8.06. The third-order valence-electron chi connectivity index (χ3n) is 7.52. The Kier molecular flexibility index (Phi) is 8.64. The minimum absolute atomic E-state index is 0.102. The molecule has 7 nitrogen and oxygen atoms in total. The van der Waals surface area contributed by atoms with Crippen molar-refractivity contribution in [2.75, 3.05) is 0 Å². The van der Waals surface area contributed by atoms with Crippen molar-refractivity contribution in [2.45, 2.75) is 51.7 Å². The summed E-state index contributed by atoms with van der Waals surface area (Å²) in [6.07, 6.45) is -6.52. The van der Waals surface area contributed by atoms with Crippen LogP contribution in [0.4, 0.5) is 28.9 Å². The predicted molar refractivity (Wildman–Crippen MR) is 182 cm³/mol. The zero-order valence-corrected chi connectivity index (χ0v) is 28.0. The number of ether oxygens (including phenoxy) is 2. The van der Waals surface area contributed by atoms with Crippen molar-refractivity contribution in [3.8, 4) is 53.3 Å². The molecule has 3 aromatic carbocycles. The summed E-state index contributed by atoms with van der Waals surface area (Å²) in [6, 6.07) is 21.0. The first-order chi connectivity index (χ1) is 23.1. The predicted octanol–water partition coefficient (Wildman–Crippen LogP) is 12.3. The first kappa shape index (κ1) is 32.2. The minimum Gasteiger partial charge on any atom is -0.433 e. The average molecular weight is 711 g/mol. The van der Waals surface area contributed by atoms with E-state index in [4.69, 9.17) is 14.1 Å². The number of hydrogen-bond acceptors (Lipinski definition) is 9. The van der Waals surface area contributed by atoms with Crippen LogP contribution in [0, 0.1) is 0 Å². The zero-order valence-electron chi connectivity index (χ0n) is 25.5. The Labute approximate surface area is 284 Å². The van der Waals surface area contributed by atoms with Gasteiger partial charge in [-0.2, -0.15) is 26.3 Å². The van der Waals surface area contributed by atoms with Crippen LogP contribution in [0.15, 0.2) is 86.2 Å². The molecule has 14 heteroatoms. The maximum absolute atomic E-state index is 13.9. The zero-order chi connectivity index (χ0) is 33.5. The normalized spacial score (nSPS) is 12.8. The molecule has 0 bridgehead atoms. The molecule has 1 aliphatic rings. The average Bonchev–Trinajstić information content (AvgIpc) is 3.88. The molecule has 6 aromatic rings. The van der Waals surface area contributed by atoms with E-state index in [9.17, 15) is 17.6 Å². The summed E-state index contributed by atoms with van der Waals surface area (Å²) in [7, 11) is 0. The lowest BCUT2D eigenvalue weighted by molar-refractivity contribution is -0.181. The fourth-order valence-electron chi connectivity index (χ4n) is 5.38. The van der Waals surface area contributed by atoms with Crippen molar-refractivity contribution < 1.29 is 31.7 Å². The van der Waals surface area contributed by atoms with E-state index in [-0.39, 0.29) is 24.3 Å². The van der Waals surface area contributed by atoms with E-state index in [2.05, 4.69) is 19.0 Å². The molecule has 0 amide bonds. The molecule has 0 unspecified atom stereocenters. The third-order valence-corrected chi connectivity index (χ3v) is 10.4. The van der Waals surface area contributed by atoms with Crippen molar-refractivity contribution in [2.24, 2.45) is 8.73 Å². The molecule has 0 aliphatic carbocycles. The van der Waals surface area contributed by atoms with Gasteiger partial charge in [0.15, 0.2) is 0 Å². The monoisotopic (exact) mass is 710 g/mol. The molecule has 0 saturated carbocycles. The van der Waals surface area contributed by atoms with Crippen LogP contribution in [0.1, 0.15) is 39.5 Å². The molecule has 3 aromatic heterocycles. The number of aromatic nitrogens is 2. The highest BCUT2D eigenvalue weighted by molar-refractivity contribution is 7.58. The van der Waals surface area contributed by atoms with Crippen molar-refractivity contribution in [3.63, 3.8) is 0 Å². The van der Waals surface area contributed by atoms with E-state index < -0.39 is 12.2 Å². The molecular weight excluding hydrogens is 685 g/mol. The van der Waals surface area contributed by atoms with Gasteiger partial charge >= 0.3 is 12.2 Å². The Balaban J connectivity index is 1.19. The summed E-state index contributed by atoms with van der Waals surface area (Å²) in [4.78, 5) is 3.55. The van der Waals surface area contributed by atoms with Gasteiger partial charge in [0.25, 0.3) is 0 Å². The van der Waals surface area contributed by atoms with Gasteiger partial charge in [0.05, 0.1) is 35.3 Å². The summed E-state index contributed by atoms with van der Waals surface area (Å²) >= 11 is 4.08. The minimum atomic E-state index is -3.22. The van der Waals surface area contributed by atoms with Gasteiger partial charge in [-0.3, -0.25) is 0 Å². The Hall–Kier alpha value is -4.40. The number of nitrogens with zero attached hydrogens (tertiary/aromatic N) is 4. The molecule has 0 radical (unpaired) electrons. The Bertz CT molecular complexity index is 2020. The number of benzene rings is 3. The second-order valence-corrected chi connectivity index (χ2v) is 13.7. The number of fused-ring (bicyclic) bond motifs is 2. The van der Waals surface area contributed by atoms with Gasteiger partial charge < -0.3 is 9.47 Å². The number of hydrogen-bond donors (Lipinski definition) is 0. The highest BCUT2D eigenvalue weighted by atomic mass is 32.1. The van der Waals surface area contributed by atoms with Gasteiger partial charge in [-0.25, -0.2) is 4.63 Å². The summed E-state index contributed by atoms with van der Waals surface area (Å²) in [5.41, 5.74) is 5.53. The largest absolute Gasteiger partial charge is 0.433 e. The van der Waals surface area contributed by atoms with Crippen molar-refractivity contribution in [1.82, 2.24) is 10.3 Å². The van der Waals surface area contributed by atoms with Gasteiger partial charge in [0, 0.05) is 19.5 Å². The molecule has 7 rings (SSSR count). The number of thiophene rings is 2. The van der Waals surface area contributed by atoms with Gasteiger partial charge in [-0.05, 0) is 107 Å². The van der Waals surface area contributed by atoms with Crippen LogP contribution in [0.2, 0.25) is 0 Å². The number of alkyl halides is 4. The SMILES string of the molecule is CCCC(F)(F)Oc1ccc(-c2ccc(-c3c4c(c(-c5ccc(-c6ccc(OC(F)(F)CCC)cc6)s5)c5nonc35)N=S=N4)s2)cc1. The Morgan fingerprint density at radius 3 is 1.38 bits per heavy atom. The van der Waals surface area contributed by atoms with Crippen LogP contribution >= 0.6 is 22.7 Å².